The molecule has 9 N–H and O–H groups in total. The molecular weight excluding hydrogens is 1710 g/mol. The number of rotatable bonds is 26. The second kappa shape index (κ2) is 46.2. The van der Waals surface area contributed by atoms with Crippen LogP contribution in [0.3, 0.4) is 0 Å². The SMILES string of the molecule is CCNC(=O)c1ccc(C(=O)Nc2ccc(Cl)c(-c3ccccn3)c2)c(Cl)c1.COCCCNC(=O)c1ccc(C(=O)Nc2ccc(Cl)c(-c3ccccn3)c2)c(Cl)c1.O=C(NCCCO)c1ccc(C(=O)Nc2ccc(Cl)c(-c3ccccn3)c2)c(Cl)c1.O=C(NC[C@@H]1CCCO1)c1ccc(C(=O)Nc2ccc(Cl)c(-c3ccccn3)c2)c(Cl)c1. The molecule has 1 fully saturated rings. The van der Waals surface area contributed by atoms with E-state index in [-0.39, 0.29) is 84.6 Å². The number of carbonyl (C=O) groups is 8. The summed E-state index contributed by atoms with van der Waals surface area (Å²) in [5.74, 6) is -2.68. The summed E-state index contributed by atoms with van der Waals surface area (Å²) in [6.45, 7) is 4.91. The van der Waals surface area contributed by atoms with Crippen molar-refractivity contribution in [3.05, 3.63) is 328 Å². The van der Waals surface area contributed by atoms with Crippen molar-refractivity contribution >= 4 is 163 Å². The first-order valence-corrected chi connectivity index (χ1v) is 40.6. The van der Waals surface area contributed by atoms with Crippen LogP contribution in [-0.4, -0.2) is 132 Å². The highest BCUT2D eigenvalue weighted by Crippen LogP contribution is 2.35. The van der Waals surface area contributed by atoms with Gasteiger partial charge in [0.15, 0.2) is 0 Å². The maximum atomic E-state index is 12.8. The third-order valence-corrected chi connectivity index (χ3v) is 20.4. The van der Waals surface area contributed by atoms with E-state index in [1.807, 2.05) is 79.7 Å². The molecule has 12 aromatic rings. The van der Waals surface area contributed by atoms with Gasteiger partial charge in [0.05, 0.1) is 91.3 Å². The average molecular weight is 1790 g/mol. The van der Waals surface area contributed by atoms with Crippen molar-refractivity contribution in [3.8, 4) is 45.0 Å². The van der Waals surface area contributed by atoms with E-state index in [0.717, 1.165) is 19.4 Å². The Kier molecular flexibility index (Phi) is 35.0. The summed E-state index contributed by atoms with van der Waals surface area (Å²) in [7, 11) is 1.61. The van der Waals surface area contributed by atoms with Crippen molar-refractivity contribution < 1.29 is 52.9 Å². The molecule has 23 nitrogen and oxygen atoms in total. The molecule has 1 atom stereocenters. The number of amides is 8. The lowest BCUT2D eigenvalue weighted by atomic mass is 10.1. The van der Waals surface area contributed by atoms with Crippen LogP contribution in [0.25, 0.3) is 45.0 Å². The van der Waals surface area contributed by atoms with Crippen molar-refractivity contribution in [2.45, 2.75) is 38.7 Å². The van der Waals surface area contributed by atoms with E-state index in [1.165, 1.54) is 54.6 Å². The minimum atomic E-state index is -0.415. The molecule has 0 saturated carbocycles. The van der Waals surface area contributed by atoms with Gasteiger partial charge < -0.3 is 57.1 Å². The quantitative estimate of drug-likeness (QED) is 0.0228. The largest absolute Gasteiger partial charge is 0.396 e. The smallest absolute Gasteiger partial charge is 0.257 e. The van der Waals surface area contributed by atoms with Crippen LogP contribution >= 0.6 is 92.8 Å². The molecule has 5 heterocycles. The molecule has 8 amide bonds. The Morgan fingerprint density at radius 1 is 0.372 bits per heavy atom. The van der Waals surface area contributed by atoms with Crippen LogP contribution in [0.15, 0.2) is 243 Å². The lowest BCUT2D eigenvalue weighted by Gasteiger charge is -2.12. The van der Waals surface area contributed by atoms with Crippen LogP contribution in [0, 0.1) is 0 Å². The summed E-state index contributed by atoms with van der Waals surface area (Å²) in [6.07, 6.45) is 9.85. The lowest BCUT2D eigenvalue weighted by molar-refractivity contribution is 0.0856. The summed E-state index contributed by atoms with van der Waals surface area (Å²) in [6, 6.07) is 60.8. The number of benzene rings is 8. The fourth-order valence-corrected chi connectivity index (χ4v) is 13.6. The Morgan fingerprint density at radius 3 is 0.942 bits per heavy atom. The molecule has 0 spiro atoms. The van der Waals surface area contributed by atoms with Crippen molar-refractivity contribution in [3.63, 3.8) is 0 Å². The summed E-state index contributed by atoms with van der Waals surface area (Å²) in [5.41, 5.74) is 10.3. The first-order valence-electron chi connectivity index (χ1n) is 37.6. The van der Waals surface area contributed by atoms with Gasteiger partial charge in [0.1, 0.15) is 0 Å². The highest BCUT2D eigenvalue weighted by molar-refractivity contribution is 6.38. The molecule has 0 aliphatic carbocycles. The van der Waals surface area contributed by atoms with E-state index < -0.39 is 17.7 Å². The highest BCUT2D eigenvalue weighted by Gasteiger charge is 2.23. The molecule has 121 heavy (non-hydrogen) atoms. The first-order chi connectivity index (χ1) is 58.5. The Labute approximate surface area is 737 Å². The molecule has 620 valence electrons. The van der Waals surface area contributed by atoms with Crippen molar-refractivity contribution in [1.29, 1.82) is 0 Å². The summed E-state index contributed by atoms with van der Waals surface area (Å²) >= 11 is 50.2. The van der Waals surface area contributed by atoms with E-state index >= 15 is 0 Å². The fourth-order valence-electron chi connectivity index (χ4n) is 11.7. The molecule has 8 aromatic carbocycles. The second-order valence-corrected chi connectivity index (χ2v) is 29.6. The van der Waals surface area contributed by atoms with Gasteiger partial charge in [-0.05, 0) is 227 Å². The highest BCUT2D eigenvalue weighted by atomic mass is 35.5. The predicted octanol–water partition coefficient (Wildman–Crippen LogP) is 19.8. The zero-order valence-electron chi connectivity index (χ0n) is 64.8. The zero-order valence-corrected chi connectivity index (χ0v) is 70.8. The fraction of sp³-hybridized carbons (Fsp3) is 0.156. The Morgan fingerprint density at radius 2 is 0.678 bits per heavy atom. The number of nitrogens with one attached hydrogen (secondary N) is 8. The summed E-state index contributed by atoms with van der Waals surface area (Å²) < 4.78 is 10.5. The number of hydrogen-bond donors (Lipinski definition) is 9. The Hall–Kier alpha value is -11.7. The van der Waals surface area contributed by atoms with Gasteiger partial charge in [-0.2, -0.15) is 0 Å². The number of aliphatic hydroxyl groups is 1. The number of carbonyl (C=O) groups excluding carboxylic acids is 8. The van der Waals surface area contributed by atoms with Crippen LogP contribution in [-0.2, 0) is 9.47 Å². The molecule has 13 rings (SSSR count). The number of nitrogens with zero attached hydrogens (tertiary/aromatic N) is 4. The molecule has 0 unspecified atom stereocenters. The Balaban J connectivity index is 0.000000169. The van der Waals surface area contributed by atoms with Crippen molar-refractivity contribution in [2.75, 3.05) is 74.4 Å². The number of methoxy groups -OCH3 is 1. The van der Waals surface area contributed by atoms with E-state index in [0.29, 0.717) is 156 Å². The van der Waals surface area contributed by atoms with Crippen LogP contribution in [0.2, 0.25) is 40.2 Å². The third-order valence-electron chi connectivity index (χ3n) is 17.8. The molecule has 0 bridgehead atoms. The summed E-state index contributed by atoms with van der Waals surface area (Å²) in [5, 5.41) is 33.8. The molecule has 0 radical (unpaired) electrons. The van der Waals surface area contributed by atoms with Gasteiger partial charge in [-0.3, -0.25) is 58.3 Å². The molecular formula is C90H78Cl8N12O11. The van der Waals surface area contributed by atoms with Gasteiger partial charge in [-0.1, -0.05) is 117 Å². The van der Waals surface area contributed by atoms with Crippen LogP contribution in [0.4, 0.5) is 22.7 Å². The molecule has 1 aliphatic heterocycles. The van der Waals surface area contributed by atoms with E-state index in [9.17, 15) is 38.4 Å². The number of halogens is 8. The number of pyridine rings is 4. The number of aromatic nitrogens is 4. The Bertz CT molecular complexity index is 5670. The monoisotopic (exact) mass is 1780 g/mol. The van der Waals surface area contributed by atoms with Gasteiger partial charge in [-0.25, -0.2) is 0 Å². The molecule has 1 aliphatic rings. The van der Waals surface area contributed by atoms with Crippen LogP contribution in [0.1, 0.15) is 115 Å². The van der Waals surface area contributed by atoms with Crippen LogP contribution in [0.5, 0.6) is 0 Å². The van der Waals surface area contributed by atoms with Crippen molar-refractivity contribution in [2.24, 2.45) is 0 Å². The van der Waals surface area contributed by atoms with E-state index in [1.54, 1.807) is 123 Å². The lowest BCUT2D eigenvalue weighted by Crippen LogP contribution is -2.31. The maximum Gasteiger partial charge on any atom is 0.257 e. The van der Waals surface area contributed by atoms with Gasteiger partial charge in [0, 0.05) is 145 Å². The van der Waals surface area contributed by atoms with Gasteiger partial charge in [0.25, 0.3) is 47.3 Å². The van der Waals surface area contributed by atoms with Crippen molar-refractivity contribution in [1.82, 2.24) is 41.2 Å². The average Bonchev–Trinajstić information content (AvgIpc) is 1.42. The minimum Gasteiger partial charge on any atom is -0.396 e. The van der Waals surface area contributed by atoms with Gasteiger partial charge >= 0.3 is 0 Å². The topological polar surface area (TPSA) is 323 Å². The molecule has 31 heteroatoms. The van der Waals surface area contributed by atoms with Crippen LogP contribution < -0.4 is 42.5 Å². The number of anilines is 4. The standard InChI is InChI=1S/C24H21Cl2N3O3.C23H21Cl2N3O3.C22H19Cl2N3O3.C21H17Cl2N3O2/c25-20-9-7-16(13-19(20)22-5-1-2-10-27-22)29-24(31)18-8-6-15(12-21(18)26)23(30)28-14-17-4-3-11-32-17;1-31-12-4-11-27-22(29)15-6-8-17(20(25)13-15)23(30)28-16-7-9-19(24)18(14-16)21-5-2-3-10-26-21;23-18-8-6-15(13-17(18)20-4-1-2-9-25-20)27-22(30)16-7-5-14(12-19(16)24)21(29)26-10-3-11-28;1-2-24-20(27)13-6-8-15(18(23)11-13)21(28)26-14-7-9-17(22)16(12-14)19-5-3-4-10-25-19/h1-2,5-10,12-13,17H,3-4,11,14H2,(H,28,30)(H,29,31);2-3,5-10,13-14H,4,11-12H2,1H3,(H,27,29)(H,28,30);1-2,4-9,12-13,28H,3,10-11H2,(H,26,29)(H,27,30);3-12H,2H2,1H3,(H,24,27)(H,26,28)/t17-;;;/m0.../s1. The predicted molar refractivity (Wildman–Crippen MR) is 479 cm³/mol. The number of aliphatic hydroxyl groups excluding tert-OH is 1. The minimum absolute atomic E-state index is 0.00705. The third kappa shape index (κ3) is 26.7. The van der Waals surface area contributed by atoms with Gasteiger partial charge in [0.2, 0.25) is 0 Å². The van der Waals surface area contributed by atoms with Gasteiger partial charge in [-0.15, -0.1) is 0 Å². The summed E-state index contributed by atoms with van der Waals surface area (Å²) in [4.78, 5) is 117. The van der Waals surface area contributed by atoms with E-state index in [4.69, 9.17) is 107 Å². The molecule has 4 aromatic heterocycles. The molecule has 1 saturated heterocycles. The normalized spacial score (nSPS) is 11.8. The second-order valence-electron chi connectivity index (χ2n) is 26.4. The zero-order chi connectivity index (χ0) is 86.3. The maximum absolute atomic E-state index is 12.8. The number of ether oxygens (including phenoxy) is 2. The number of hydrogen-bond acceptors (Lipinski definition) is 15. The van der Waals surface area contributed by atoms with E-state index in [2.05, 4.69) is 62.5 Å². The first kappa shape index (κ1) is 91.6.